The molecule has 0 aliphatic carbocycles. The van der Waals surface area contributed by atoms with Crippen LogP contribution in [0.25, 0.3) is 0 Å². The Bertz CT molecular complexity index is 203. The lowest BCUT2D eigenvalue weighted by molar-refractivity contribution is 0.132. The number of nitrogens with zero attached hydrogens (tertiary/aromatic N) is 2. The van der Waals surface area contributed by atoms with Crippen LogP contribution in [0.4, 0.5) is 0 Å². The van der Waals surface area contributed by atoms with E-state index in [9.17, 15) is 0 Å². The van der Waals surface area contributed by atoms with Gasteiger partial charge in [0.25, 0.3) is 0 Å². The first kappa shape index (κ1) is 9.13. The molecule has 3 saturated heterocycles. The van der Waals surface area contributed by atoms with Gasteiger partial charge < -0.3 is 5.32 Å². The largest absolute Gasteiger partial charge is 0.314 e. The number of nitrogens with one attached hydrogen (secondary N) is 1. The third kappa shape index (κ3) is 1.58. The van der Waals surface area contributed by atoms with Crippen LogP contribution in [0.2, 0.25) is 0 Å². The van der Waals surface area contributed by atoms with Crippen LogP contribution < -0.4 is 5.32 Å². The van der Waals surface area contributed by atoms with Crippen molar-refractivity contribution >= 4 is 0 Å². The van der Waals surface area contributed by atoms with Gasteiger partial charge in [0.05, 0.1) is 0 Å². The predicted molar refractivity (Wildman–Crippen MR) is 57.4 cm³/mol. The first-order chi connectivity index (χ1) is 6.93. The van der Waals surface area contributed by atoms with Crippen molar-refractivity contribution in [2.75, 3.05) is 39.3 Å². The van der Waals surface area contributed by atoms with E-state index in [1.165, 1.54) is 58.5 Å². The minimum Gasteiger partial charge on any atom is -0.314 e. The van der Waals surface area contributed by atoms with E-state index in [0.717, 1.165) is 12.1 Å². The summed E-state index contributed by atoms with van der Waals surface area (Å²) in [5, 5.41) is 3.38. The molecule has 0 aromatic heterocycles. The summed E-state index contributed by atoms with van der Waals surface area (Å²) in [4.78, 5) is 5.44. The van der Waals surface area contributed by atoms with Crippen molar-refractivity contribution in [1.29, 1.82) is 0 Å². The van der Waals surface area contributed by atoms with Gasteiger partial charge in [0.2, 0.25) is 0 Å². The second-order valence-electron chi connectivity index (χ2n) is 4.99. The number of hydrogen-bond acceptors (Lipinski definition) is 3. The second-order valence-corrected chi connectivity index (χ2v) is 4.99. The highest BCUT2D eigenvalue weighted by atomic mass is 15.3. The van der Waals surface area contributed by atoms with E-state index >= 15 is 0 Å². The Labute approximate surface area is 86.4 Å². The fourth-order valence-corrected chi connectivity index (χ4v) is 3.10. The van der Waals surface area contributed by atoms with Gasteiger partial charge in [-0.05, 0) is 38.9 Å². The summed E-state index contributed by atoms with van der Waals surface area (Å²) < 4.78 is 0. The van der Waals surface area contributed by atoms with Crippen LogP contribution in [0.15, 0.2) is 0 Å². The quantitative estimate of drug-likeness (QED) is 0.641. The lowest BCUT2D eigenvalue weighted by atomic mass is 10.1. The molecular formula is C11H21N3. The van der Waals surface area contributed by atoms with Crippen LogP contribution in [-0.4, -0.2) is 61.2 Å². The van der Waals surface area contributed by atoms with E-state index in [4.69, 9.17) is 0 Å². The summed E-state index contributed by atoms with van der Waals surface area (Å²) in [5.41, 5.74) is 0. The first-order valence-electron chi connectivity index (χ1n) is 6.12. The Balaban J connectivity index is 1.63. The van der Waals surface area contributed by atoms with Gasteiger partial charge in [-0.15, -0.1) is 0 Å². The Morgan fingerprint density at radius 2 is 1.64 bits per heavy atom. The van der Waals surface area contributed by atoms with Crippen LogP contribution >= 0.6 is 0 Å². The molecule has 3 rings (SSSR count). The molecule has 0 aromatic rings. The molecule has 0 amide bonds. The first-order valence-corrected chi connectivity index (χ1v) is 6.12. The number of fused-ring (bicyclic) bond motifs is 1. The van der Waals surface area contributed by atoms with E-state index in [0.29, 0.717) is 0 Å². The monoisotopic (exact) mass is 195 g/mol. The van der Waals surface area contributed by atoms with Gasteiger partial charge >= 0.3 is 0 Å². The maximum atomic E-state index is 3.38. The summed E-state index contributed by atoms with van der Waals surface area (Å²) in [5.74, 6) is 0. The zero-order valence-electron chi connectivity index (χ0n) is 8.91. The van der Waals surface area contributed by atoms with Crippen molar-refractivity contribution < 1.29 is 0 Å². The van der Waals surface area contributed by atoms with E-state index in [-0.39, 0.29) is 0 Å². The summed E-state index contributed by atoms with van der Waals surface area (Å²) in [6, 6.07) is 1.74. The minimum absolute atomic E-state index is 0.857. The molecule has 3 nitrogen and oxygen atoms in total. The second kappa shape index (κ2) is 3.80. The van der Waals surface area contributed by atoms with Crippen molar-refractivity contribution in [1.82, 2.24) is 15.1 Å². The summed E-state index contributed by atoms with van der Waals surface area (Å²) in [6.07, 6.45) is 4.26. The van der Waals surface area contributed by atoms with Crippen molar-refractivity contribution in [2.45, 2.75) is 31.3 Å². The van der Waals surface area contributed by atoms with E-state index < -0.39 is 0 Å². The molecule has 0 aromatic carbocycles. The average Bonchev–Trinajstić information content (AvgIpc) is 2.42. The van der Waals surface area contributed by atoms with Gasteiger partial charge in [-0.2, -0.15) is 0 Å². The molecule has 0 bridgehead atoms. The molecule has 3 aliphatic heterocycles. The normalized spacial score (nSPS) is 36.4. The molecule has 3 aliphatic rings. The highest BCUT2D eigenvalue weighted by molar-refractivity contribution is 4.91. The fraction of sp³-hybridized carbons (Fsp3) is 1.00. The Hall–Kier alpha value is -0.120. The molecular weight excluding hydrogens is 174 g/mol. The average molecular weight is 195 g/mol. The fourth-order valence-electron chi connectivity index (χ4n) is 3.10. The molecule has 14 heavy (non-hydrogen) atoms. The smallest absolute Gasteiger partial charge is 0.0346 e. The highest BCUT2D eigenvalue weighted by Crippen LogP contribution is 2.22. The lowest BCUT2D eigenvalue weighted by Crippen LogP contribution is -2.58. The lowest BCUT2D eigenvalue weighted by Gasteiger charge is -2.38. The van der Waals surface area contributed by atoms with E-state index in [2.05, 4.69) is 15.1 Å². The zero-order valence-corrected chi connectivity index (χ0v) is 8.91. The molecule has 3 heteroatoms. The van der Waals surface area contributed by atoms with Crippen LogP contribution in [0.1, 0.15) is 19.3 Å². The van der Waals surface area contributed by atoms with E-state index in [1.54, 1.807) is 0 Å². The topological polar surface area (TPSA) is 18.5 Å². The van der Waals surface area contributed by atoms with E-state index in [1.807, 2.05) is 0 Å². The van der Waals surface area contributed by atoms with Crippen molar-refractivity contribution in [3.05, 3.63) is 0 Å². The molecule has 3 heterocycles. The Kier molecular flexibility index (Phi) is 2.48. The van der Waals surface area contributed by atoms with Crippen molar-refractivity contribution in [3.63, 3.8) is 0 Å². The SMILES string of the molecule is C1CC2CN(C3CNC3)CCCN2C1. The standard InChI is InChI=1S/C11H21N3/c1-3-10-9-14(11-7-12-8-11)6-2-5-13(10)4-1/h10-12H,1-9H2. The molecule has 1 N–H and O–H groups in total. The Morgan fingerprint density at radius 3 is 2.43 bits per heavy atom. The van der Waals surface area contributed by atoms with Crippen LogP contribution in [-0.2, 0) is 0 Å². The number of hydrogen-bond donors (Lipinski definition) is 1. The maximum absolute atomic E-state index is 3.38. The van der Waals surface area contributed by atoms with Gasteiger partial charge in [-0.3, -0.25) is 9.80 Å². The van der Waals surface area contributed by atoms with Gasteiger partial charge in [0.15, 0.2) is 0 Å². The third-order valence-corrected chi connectivity index (χ3v) is 4.11. The van der Waals surface area contributed by atoms with Crippen LogP contribution in [0.5, 0.6) is 0 Å². The summed E-state index contributed by atoms with van der Waals surface area (Å²) in [7, 11) is 0. The number of rotatable bonds is 1. The van der Waals surface area contributed by atoms with Gasteiger partial charge in [-0.1, -0.05) is 0 Å². The molecule has 1 atom stereocenters. The highest BCUT2D eigenvalue weighted by Gasteiger charge is 2.33. The third-order valence-electron chi connectivity index (χ3n) is 4.11. The van der Waals surface area contributed by atoms with Crippen LogP contribution in [0, 0.1) is 0 Å². The van der Waals surface area contributed by atoms with Crippen LogP contribution in [0.3, 0.4) is 0 Å². The maximum Gasteiger partial charge on any atom is 0.0346 e. The van der Waals surface area contributed by atoms with Crippen molar-refractivity contribution in [3.8, 4) is 0 Å². The molecule has 0 spiro atoms. The van der Waals surface area contributed by atoms with Crippen molar-refractivity contribution in [2.24, 2.45) is 0 Å². The minimum atomic E-state index is 0.857. The molecule has 1 unspecified atom stereocenters. The molecule has 3 fully saturated rings. The molecule has 0 saturated carbocycles. The molecule has 0 radical (unpaired) electrons. The zero-order chi connectivity index (χ0) is 9.38. The predicted octanol–water partition coefficient (Wildman–Crippen LogP) is 0.128. The summed E-state index contributed by atoms with van der Waals surface area (Å²) in [6.45, 7) is 7.84. The summed E-state index contributed by atoms with van der Waals surface area (Å²) >= 11 is 0. The van der Waals surface area contributed by atoms with Gasteiger partial charge in [0, 0.05) is 31.7 Å². The van der Waals surface area contributed by atoms with Gasteiger partial charge in [-0.25, -0.2) is 0 Å². The van der Waals surface area contributed by atoms with Gasteiger partial charge in [0.1, 0.15) is 0 Å². The molecule has 80 valence electrons. The Morgan fingerprint density at radius 1 is 0.857 bits per heavy atom.